The van der Waals surface area contributed by atoms with Crippen molar-refractivity contribution in [2.75, 3.05) is 18.8 Å². The number of hydrogen-bond acceptors (Lipinski definition) is 3. The fourth-order valence-corrected chi connectivity index (χ4v) is 3.91. The first kappa shape index (κ1) is 11.6. The molecule has 0 aliphatic carbocycles. The summed E-state index contributed by atoms with van der Waals surface area (Å²) in [5.74, 6) is 1.25. The Bertz CT molecular complexity index is 374. The highest BCUT2D eigenvalue weighted by Crippen LogP contribution is 2.36. The van der Waals surface area contributed by atoms with Crippen LogP contribution in [-0.2, 0) is 0 Å². The quantitative estimate of drug-likeness (QED) is 0.841. The van der Waals surface area contributed by atoms with Crippen molar-refractivity contribution in [3.05, 3.63) is 29.8 Å². The molecule has 2 heterocycles. The lowest BCUT2D eigenvalue weighted by Gasteiger charge is -2.32. The Balaban J connectivity index is 1.71. The van der Waals surface area contributed by atoms with Crippen LogP contribution >= 0.6 is 11.8 Å². The molecule has 0 spiro atoms. The van der Waals surface area contributed by atoms with Crippen molar-refractivity contribution >= 4 is 11.8 Å². The van der Waals surface area contributed by atoms with Gasteiger partial charge in [0.1, 0.15) is 0 Å². The molecule has 0 amide bonds. The van der Waals surface area contributed by atoms with E-state index in [2.05, 4.69) is 34.9 Å². The molecule has 17 heavy (non-hydrogen) atoms. The second-order valence-corrected chi connectivity index (χ2v) is 6.06. The molecule has 0 saturated carbocycles. The van der Waals surface area contributed by atoms with E-state index in [4.69, 9.17) is 0 Å². The van der Waals surface area contributed by atoms with Gasteiger partial charge in [-0.1, -0.05) is 18.2 Å². The van der Waals surface area contributed by atoms with Gasteiger partial charge in [0.05, 0.1) is 0 Å². The van der Waals surface area contributed by atoms with Gasteiger partial charge in [-0.3, -0.25) is 0 Å². The van der Waals surface area contributed by atoms with Crippen molar-refractivity contribution in [3.63, 3.8) is 0 Å². The molecule has 2 aliphatic heterocycles. The number of rotatable bonds is 2. The van der Waals surface area contributed by atoms with Crippen LogP contribution in [0, 0.1) is 0 Å². The van der Waals surface area contributed by atoms with Gasteiger partial charge in [-0.2, -0.15) is 0 Å². The molecule has 2 nitrogen and oxygen atoms in total. The summed E-state index contributed by atoms with van der Waals surface area (Å²) in [5.41, 5.74) is 1.52. The number of benzene rings is 1. The SMILES string of the molecule is c1ccc2c(c1)SCCC2NC1CCNCC1. The Kier molecular flexibility index (Phi) is 3.69. The Labute approximate surface area is 108 Å². The van der Waals surface area contributed by atoms with E-state index < -0.39 is 0 Å². The zero-order valence-electron chi connectivity index (χ0n) is 10.1. The predicted octanol–water partition coefficient (Wildman–Crippen LogP) is 2.57. The van der Waals surface area contributed by atoms with Gasteiger partial charge < -0.3 is 10.6 Å². The summed E-state index contributed by atoms with van der Waals surface area (Å²) in [4.78, 5) is 1.48. The van der Waals surface area contributed by atoms with Crippen LogP contribution in [0.4, 0.5) is 0 Å². The number of piperidine rings is 1. The normalized spacial score (nSPS) is 25.5. The van der Waals surface area contributed by atoms with E-state index in [1.165, 1.54) is 48.6 Å². The number of thioether (sulfide) groups is 1. The molecule has 2 aliphatic rings. The zero-order chi connectivity index (χ0) is 11.5. The Hall–Kier alpha value is -0.510. The number of nitrogens with one attached hydrogen (secondary N) is 2. The van der Waals surface area contributed by atoms with Crippen LogP contribution < -0.4 is 10.6 Å². The summed E-state index contributed by atoms with van der Waals surface area (Å²) in [6.07, 6.45) is 3.81. The molecule has 0 radical (unpaired) electrons. The third-order valence-corrected chi connectivity index (χ3v) is 4.86. The maximum Gasteiger partial charge on any atom is 0.0341 e. The number of hydrogen-bond donors (Lipinski definition) is 2. The van der Waals surface area contributed by atoms with E-state index in [-0.39, 0.29) is 0 Å². The third-order valence-electron chi connectivity index (χ3n) is 3.73. The predicted molar refractivity (Wildman–Crippen MR) is 73.6 cm³/mol. The minimum absolute atomic E-state index is 0.579. The molecule has 92 valence electrons. The van der Waals surface area contributed by atoms with E-state index in [9.17, 15) is 0 Å². The van der Waals surface area contributed by atoms with Crippen LogP contribution in [0.2, 0.25) is 0 Å². The van der Waals surface area contributed by atoms with Crippen LogP contribution in [0.3, 0.4) is 0 Å². The second kappa shape index (κ2) is 5.42. The van der Waals surface area contributed by atoms with Crippen LogP contribution in [0.5, 0.6) is 0 Å². The van der Waals surface area contributed by atoms with Gasteiger partial charge in [-0.15, -0.1) is 11.8 Å². The zero-order valence-corrected chi connectivity index (χ0v) is 10.9. The monoisotopic (exact) mass is 248 g/mol. The van der Waals surface area contributed by atoms with Crippen LogP contribution in [0.1, 0.15) is 30.9 Å². The fraction of sp³-hybridized carbons (Fsp3) is 0.571. The van der Waals surface area contributed by atoms with E-state index in [0.29, 0.717) is 12.1 Å². The molecule has 1 aromatic rings. The molecule has 3 rings (SSSR count). The van der Waals surface area contributed by atoms with Crippen LogP contribution in [-0.4, -0.2) is 24.9 Å². The highest BCUT2D eigenvalue weighted by molar-refractivity contribution is 7.99. The first-order valence-electron chi connectivity index (χ1n) is 6.62. The first-order chi connectivity index (χ1) is 8.43. The van der Waals surface area contributed by atoms with Crippen LogP contribution in [0.15, 0.2) is 29.2 Å². The summed E-state index contributed by atoms with van der Waals surface area (Å²) >= 11 is 2.00. The maximum absolute atomic E-state index is 3.86. The Morgan fingerprint density at radius 3 is 2.82 bits per heavy atom. The lowest BCUT2D eigenvalue weighted by atomic mass is 9.99. The lowest BCUT2D eigenvalue weighted by Crippen LogP contribution is -2.42. The van der Waals surface area contributed by atoms with Gasteiger partial charge in [0.15, 0.2) is 0 Å². The summed E-state index contributed by atoms with van der Waals surface area (Å²) < 4.78 is 0. The maximum atomic E-state index is 3.86. The topological polar surface area (TPSA) is 24.1 Å². The minimum Gasteiger partial charge on any atom is -0.317 e. The van der Waals surface area contributed by atoms with Crippen molar-refractivity contribution in [2.24, 2.45) is 0 Å². The standard InChI is InChI=1S/C14H20N2S/c1-2-4-14-12(3-1)13(7-10-17-14)16-11-5-8-15-9-6-11/h1-4,11,13,15-16H,5-10H2. The Morgan fingerprint density at radius 2 is 1.94 bits per heavy atom. The van der Waals surface area contributed by atoms with Crippen molar-refractivity contribution in [1.82, 2.24) is 10.6 Å². The summed E-state index contributed by atoms with van der Waals surface area (Å²) in [7, 11) is 0. The van der Waals surface area contributed by atoms with E-state index >= 15 is 0 Å². The molecular weight excluding hydrogens is 228 g/mol. The van der Waals surface area contributed by atoms with Gasteiger partial charge >= 0.3 is 0 Å². The highest BCUT2D eigenvalue weighted by Gasteiger charge is 2.23. The summed E-state index contributed by atoms with van der Waals surface area (Å²) in [6.45, 7) is 2.33. The molecule has 1 unspecified atom stereocenters. The number of fused-ring (bicyclic) bond motifs is 1. The van der Waals surface area contributed by atoms with Crippen molar-refractivity contribution in [2.45, 2.75) is 36.2 Å². The molecule has 3 heteroatoms. The van der Waals surface area contributed by atoms with Gasteiger partial charge in [0.2, 0.25) is 0 Å². The molecule has 0 bridgehead atoms. The Morgan fingerprint density at radius 1 is 1.12 bits per heavy atom. The first-order valence-corrected chi connectivity index (χ1v) is 7.60. The molecular formula is C14H20N2S. The van der Waals surface area contributed by atoms with E-state index in [1.54, 1.807) is 0 Å². The van der Waals surface area contributed by atoms with E-state index in [0.717, 1.165) is 0 Å². The molecule has 1 aromatic carbocycles. The molecule has 1 fully saturated rings. The van der Waals surface area contributed by atoms with Crippen LogP contribution in [0.25, 0.3) is 0 Å². The fourth-order valence-electron chi connectivity index (χ4n) is 2.79. The van der Waals surface area contributed by atoms with Gasteiger partial charge in [0.25, 0.3) is 0 Å². The van der Waals surface area contributed by atoms with Crippen molar-refractivity contribution < 1.29 is 0 Å². The highest BCUT2D eigenvalue weighted by atomic mass is 32.2. The average Bonchev–Trinajstić information content (AvgIpc) is 2.40. The molecule has 2 N–H and O–H groups in total. The van der Waals surface area contributed by atoms with Gasteiger partial charge in [-0.05, 0) is 49.7 Å². The van der Waals surface area contributed by atoms with E-state index in [1.807, 2.05) is 11.8 Å². The average molecular weight is 248 g/mol. The van der Waals surface area contributed by atoms with Crippen molar-refractivity contribution in [3.8, 4) is 0 Å². The summed E-state index contributed by atoms with van der Waals surface area (Å²) in [5, 5.41) is 7.29. The van der Waals surface area contributed by atoms with Gasteiger partial charge in [0, 0.05) is 17.0 Å². The summed E-state index contributed by atoms with van der Waals surface area (Å²) in [6, 6.07) is 10.2. The third kappa shape index (κ3) is 2.67. The van der Waals surface area contributed by atoms with Crippen molar-refractivity contribution in [1.29, 1.82) is 0 Å². The largest absolute Gasteiger partial charge is 0.317 e. The smallest absolute Gasteiger partial charge is 0.0341 e. The lowest BCUT2D eigenvalue weighted by molar-refractivity contribution is 0.343. The molecule has 0 aromatic heterocycles. The molecule has 1 saturated heterocycles. The van der Waals surface area contributed by atoms with Gasteiger partial charge in [-0.25, -0.2) is 0 Å². The minimum atomic E-state index is 0.579. The second-order valence-electron chi connectivity index (χ2n) is 4.92. The molecule has 1 atom stereocenters.